The third-order valence-corrected chi connectivity index (χ3v) is 4.39. The van der Waals surface area contributed by atoms with Crippen molar-refractivity contribution in [3.8, 4) is 11.5 Å². The highest BCUT2D eigenvalue weighted by molar-refractivity contribution is 5.98. The largest absolute Gasteiger partial charge is 0.508 e. The summed E-state index contributed by atoms with van der Waals surface area (Å²) >= 11 is 0. The zero-order valence-corrected chi connectivity index (χ0v) is 15.3. The quantitative estimate of drug-likeness (QED) is 0.543. The Balaban J connectivity index is 2.18. The van der Waals surface area contributed by atoms with Crippen LogP contribution in [0.15, 0.2) is 78.9 Å². The summed E-state index contributed by atoms with van der Waals surface area (Å²) < 4.78 is 5.58. The predicted octanol–water partition coefficient (Wildman–Crippen LogP) is 6.16. The first kappa shape index (κ1) is 17.8. The molecule has 0 unspecified atom stereocenters. The second-order valence-corrected chi connectivity index (χ2v) is 6.08. The maximum atomic E-state index is 9.68. The van der Waals surface area contributed by atoms with Crippen LogP contribution in [-0.2, 0) is 0 Å². The highest BCUT2D eigenvalue weighted by atomic mass is 16.5. The Morgan fingerprint density at radius 3 is 1.85 bits per heavy atom. The molecule has 0 atom stereocenters. The molecular formula is C24H24O2. The number of hydrogen-bond donors (Lipinski definition) is 1. The molecule has 2 nitrogen and oxygen atoms in total. The van der Waals surface area contributed by atoms with E-state index in [0.29, 0.717) is 6.61 Å². The van der Waals surface area contributed by atoms with Crippen molar-refractivity contribution in [2.24, 2.45) is 0 Å². The molecule has 26 heavy (non-hydrogen) atoms. The van der Waals surface area contributed by atoms with E-state index in [4.69, 9.17) is 4.74 Å². The van der Waals surface area contributed by atoms with Crippen molar-refractivity contribution in [2.75, 3.05) is 6.61 Å². The van der Waals surface area contributed by atoms with E-state index >= 15 is 0 Å². The molecular weight excluding hydrogens is 320 g/mol. The van der Waals surface area contributed by atoms with E-state index in [1.54, 1.807) is 12.1 Å². The smallest absolute Gasteiger partial charge is 0.119 e. The lowest BCUT2D eigenvalue weighted by Crippen LogP contribution is -1.96. The summed E-state index contributed by atoms with van der Waals surface area (Å²) in [6, 6.07) is 26.1. The van der Waals surface area contributed by atoms with Gasteiger partial charge in [0.05, 0.1) is 6.61 Å². The number of phenolic OH excluding ortho intramolecular Hbond substituents is 1. The summed E-state index contributed by atoms with van der Waals surface area (Å²) in [7, 11) is 0. The van der Waals surface area contributed by atoms with Crippen LogP contribution in [0.25, 0.3) is 11.1 Å². The van der Waals surface area contributed by atoms with Crippen molar-refractivity contribution in [2.45, 2.75) is 20.3 Å². The molecule has 0 bridgehead atoms. The van der Waals surface area contributed by atoms with Crippen molar-refractivity contribution in [3.05, 3.63) is 95.6 Å². The summed E-state index contributed by atoms with van der Waals surface area (Å²) in [5.41, 5.74) is 5.90. The van der Waals surface area contributed by atoms with E-state index < -0.39 is 0 Å². The number of rotatable bonds is 6. The van der Waals surface area contributed by atoms with Gasteiger partial charge in [-0.05, 0) is 65.4 Å². The number of phenols is 1. The average Bonchev–Trinajstić information content (AvgIpc) is 2.69. The second-order valence-electron chi connectivity index (χ2n) is 6.08. The van der Waals surface area contributed by atoms with Gasteiger partial charge in [0, 0.05) is 0 Å². The second kappa shape index (κ2) is 8.39. The van der Waals surface area contributed by atoms with Crippen LogP contribution in [0.2, 0.25) is 0 Å². The fourth-order valence-electron chi connectivity index (χ4n) is 3.19. The SMILES string of the molecule is CCOc1ccc(/C(=C(\CC)c2ccccc2)c2ccc(O)cc2)cc1. The van der Waals surface area contributed by atoms with E-state index in [1.807, 2.05) is 37.3 Å². The first-order valence-corrected chi connectivity index (χ1v) is 9.04. The van der Waals surface area contributed by atoms with Crippen molar-refractivity contribution in [1.82, 2.24) is 0 Å². The molecule has 132 valence electrons. The Kier molecular flexibility index (Phi) is 5.75. The van der Waals surface area contributed by atoms with Gasteiger partial charge in [0.2, 0.25) is 0 Å². The molecule has 0 aliphatic heterocycles. The van der Waals surface area contributed by atoms with Gasteiger partial charge in [-0.3, -0.25) is 0 Å². The van der Waals surface area contributed by atoms with Gasteiger partial charge < -0.3 is 9.84 Å². The van der Waals surface area contributed by atoms with Crippen molar-refractivity contribution in [3.63, 3.8) is 0 Å². The van der Waals surface area contributed by atoms with E-state index in [9.17, 15) is 5.11 Å². The van der Waals surface area contributed by atoms with Crippen molar-refractivity contribution >= 4 is 11.1 Å². The molecule has 0 aliphatic rings. The number of aromatic hydroxyl groups is 1. The number of allylic oxidation sites excluding steroid dienone is 1. The number of benzene rings is 3. The summed E-state index contributed by atoms with van der Waals surface area (Å²) in [6.07, 6.45) is 0.910. The van der Waals surface area contributed by atoms with Gasteiger partial charge in [-0.2, -0.15) is 0 Å². The van der Waals surface area contributed by atoms with Gasteiger partial charge in [-0.25, -0.2) is 0 Å². The molecule has 0 saturated carbocycles. The lowest BCUT2D eigenvalue weighted by Gasteiger charge is -2.17. The molecule has 0 heterocycles. The van der Waals surface area contributed by atoms with Crippen LogP contribution in [0.5, 0.6) is 11.5 Å². The molecule has 0 aliphatic carbocycles. The lowest BCUT2D eigenvalue weighted by molar-refractivity contribution is 0.340. The summed E-state index contributed by atoms with van der Waals surface area (Å²) in [6.45, 7) is 4.82. The van der Waals surface area contributed by atoms with Crippen LogP contribution in [0, 0.1) is 0 Å². The van der Waals surface area contributed by atoms with Gasteiger partial charge >= 0.3 is 0 Å². The van der Waals surface area contributed by atoms with Crippen LogP contribution >= 0.6 is 0 Å². The molecule has 0 spiro atoms. The Morgan fingerprint density at radius 2 is 1.31 bits per heavy atom. The third kappa shape index (κ3) is 3.97. The molecule has 0 radical (unpaired) electrons. The van der Waals surface area contributed by atoms with Crippen LogP contribution in [0.3, 0.4) is 0 Å². The molecule has 0 fully saturated rings. The summed E-state index contributed by atoms with van der Waals surface area (Å²) in [4.78, 5) is 0. The monoisotopic (exact) mass is 344 g/mol. The summed E-state index contributed by atoms with van der Waals surface area (Å²) in [5, 5.41) is 9.68. The molecule has 2 heteroatoms. The van der Waals surface area contributed by atoms with Gasteiger partial charge in [0.25, 0.3) is 0 Å². The first-order chi connectivity index (χ1) is 12.7. The average molecular weight is 344 g/mol. The maximum Gasteiger partial charge on any atom is 0.119 e. The van der Waals surface area contributed by atoms with Gasteiger partial charge in [-0.15, -0.1) is 0 Å². The fraction of sp³-hybridized carbons (Fsp3) is 0.167. The van der Waals surface area contributed by atoms with Gasteiger partial charge in [-0.1, -0.05) is 61.5 Å². The molecule has 3 rings (SSSR count). The van der Waals surface area contributed by atoms with E-state index in [0.717, 1.165) is 23.3 Å². The Bertz CT molecular complexity index is 860. The number of ether oxygens (including phenoxy) is 1. The van der Waals surface area contributed by atoms with E-state index in [1.165, 1.54) is 16.7 Å². The predicted molar refractivity (Wildman–Crippen MR) is 108 cm³/mol. The minimum atomic E-state index is 0.276. The standard InChI is InChI=1S/C24H24O2/c1-3-23(18-8-6-5-7-9-18)24(19-10-14-21(25)15-11-19)20-12-16-22(17-13-20)26-4-2/h5-17,25H,3-4H2,1-2H3/b24-23+. The molecule has 3 aromatic carbocycles. The number of hydrogen-bond acceptors (Lipinski definition) is 2. The minimum absolute atomic E-state index is 0.276. The first-order valence-electron chi connectivity index (χ1n) is 9.04. The highest BCUT2D eigenvalue weighted by Gasteiger charge is 2.13. The van der Waals surface area contributed by atoms with Crippen LogP contribution < -0.4 is 4.74 Å². The molecule has 0 amide bonds. The molecule has 0 saturated heterocycles. The Hall–Kier alpha value is -3.00. The molecule has 0 aromatic heterocycles. The summed E-state index contributed by atoms with van der Waals surface area (Å²) in [5.74, 6) is 1.15. The Morgan fingerprint density at radius 1 is 0.731 bits per heavy atom. The highest BCUT2D eigenvalue weighted by Crippen LogP contribution is 2.35. The molecule has 3 aromatic rings. The minimum Gasteiger partial charge on any atom is -0.508 e. The van der Waals surface area contributed by atoms with Gasteiger partial charge in [0.1, 0.15) is 11.5 Å². The van der Waals surface area contributed by atoms with Crippen molar-refractivity contribution in [1.29, 1.82) is 0 Å². The lowest BCUT2D eigenvalue weighted by atomic mass is 9.88. The normalized spacial score (nSPS) is 11.8. The third-order valence-electron chi connectivity index (χ3n) is 4.39. The molecule has 1 N–H and O–H groups in total. The van der Waals surface area contributed by atoms with E-state index in [2.05, 4.69) is 43.3 Å². The van der Waals surface area contributed by atoms with E-state index in [-0.39, 0.29) is 5.75 Å². The van der Waals surface area contributed by atoms with Gasteiger partial charge in [0.15, 0.2) is 0 Å². The van der Waals surface area contributed by atoms with Crippen LogP contribution in [0.4, 0.5) is 0 Å². The maximum absolute atomic E-state index is 9.68. The fourth-order valence-corrected chi connectivity index (χ4v) is 3.19. The Labute approximate surface area is 155 Å². The zero-order chi connectivity index (χ0) is 18.4. The zero-order valence-electron chi connectivity index (χ0n) is 15.3. The topological polar surface area (TPSA) is 29.5 Å². The van der Waals surface area contributed by atoms with Crippen molar-refractivity contribution < 1.29 is 9.84 Å². The van der Waals surface area contributed by atoms with Crippen LogP contribution in [0.1, 0.15) is 37.0 Å². The van der Waals surface area contributed by atoms with Crippen LogP contribution in [-0.4, -0.2) is 11.7 Å².